The summed E-state index contributed by atoms with van der Waals surface area (Å²) in [5.74, 6) is 1.32. The monoisotopic (exact) mass is 304 g/mol. The Morgan fingerprint density at radius 1 is 1.32 bits per heavy atom. The summed E-state index contributed by atoms with van der Waals surface area (Å²) < 4.78 is 5.86. The number of esters is 1. The van der Waals surface area contributed by atoms with E-state index >= 15 is 0 Å². The fraction of sp³-hybridized carbons (Fsp3) is 0.842. The summed E-state index contributed by atoms with van der Waals surface area (Å²) in [5, 5.41) is 0. The number of likely N-dealkylation sites (tertiary alicyclic amines) is 1. The largest absolute Gasteiger partial charge is 0.462 e. The van der Waals surface area contributed by atoms with Gasteiger partial charge >= 0.3 is 5.97 Å². The molecule has 4 fully saturated rings. The lowest BCUT2D eigenvalue weighted by atomic mass is 9.55. The molecular weight excluding hydrogens is 274 g/mol. The molecule has 0 aromatic heterocycles. The van der Waals surface area contributed by atoms with Gasteiger partial charge in [-0.25, -0.2) is 0 Å². The molecule has 122 valence electrons. The number of nitrogens with one attached hydrogen (secondary N) is 1. The molecule has 0 radical (unpaired) electrons. The first kappa shape index (κ1) is 14.7. The lowest BCUT2D eigenvalue weighted by molar-refractivity contribution is -0.890. The minimum atomic E-state index is 0.0993. The Morgan fingerprint density at radius 3 is 2.86 bits per heavy atom. The van der Waals surface area contributed by atoms with Crippen LogP contribution in [0.15, 0.2) is 12.2 Å². The van der Waals surface area contributed by atoms with Crippen molar-refractivity contribution in [1.82, 2.24) is 0 Å². The van der Waals surface area contributed by atoms with Crippen molar-refractivity contribution in [3.05, 3.63) is 12.2 Å². The van der Waals surface area contributed by atoms with Gasteiger partial charge in [0.15, 0.2) is 0 Å². The van der Waals surface area contributed by atoms with Gasteiger partial charge in [0.1, 0.15) is 12.0 Å². The van der Waals surface area contributed by atoms with E-state index in [1.54, 1.807) is 4.90 Å². The molecule has 0 aromatic rings. The van der Waals surface area contributed by atoms with Crippen LogP contribution in [-0.2, 0) is 9.53 Å². The van der Waals surface area contributed by atoms with Gasteiger partial charge in [-0.05, 0) is 43.4 Å². The van der Waals surface area contributed by atoms with Crippen molar-refractivity contribution in [3.8, 4) is 0 Å². The molecule has 3 nitrogen and oxygen atoms in total. The molecule has 2 saturated carbocycles. The molecule has 2 heterocycles. The van der Waals surface area contributed by atoms with Crippen LogP contribution in [0, 0.1) is 23.2 Å². The van der Waals surface area contributed by atoms with Crippen LogP contribution in [0.2, 0.25) is 0 Å². The molecule has 1 N–H and O–H groups in total. The molecule has 0 aromatic carbocycles. The highest BCUT2D eigenvalue weighted by molar-refractivity contribution is 5.75. The zero-order valence-electron chi connectivity index (χ0n) is 13.9. The summed E-state index contributed by atoms with van der Waals surface area (Å²) in [7, 11) is 0. The average Bonchev–Trinajstić information content (AvgIpc) is 3.06. The molecule has 0 spiro atoms. The number of carbonyl (C=O) groups excluding carboxylic acids is 1. The van der Waals surface area contributed by atoms with Gasteiger partial charge in [-0.15, -0.1) is 0 Å². The second-order valence-electron chi connectivity index (χ2n) is 8.57. The molecule has 3 heteroatoms. The van der Waals surface area contributed by atoms with Crippen molar-refractivity contribution >= 4 is 5.97 Å². The van der Waals surface area contributed by atoms with Crippen molar-refractivity contribution < 1.29 is 14.4 Å². The van der Waals surface area contributed by atoms with Gasteiger partial charge in [0.05, 0.1) is 19.6 Å². The summed E-state index contributed by atoms with van der Waals surface area (Å²) >= 11 is 0. The second-order valence-corrected chi connectivity index (χ2v) is 8.57. The molecule has 5 atom stereocenters. The lowest BCUT2D eigenvalue weighted by Crippen LogP contribution is -3.10. The van der Waals surface area contributed by atoms with Crippen molar-refractivity contribution in [1.29, 1.82) is 0 Å². The van der Waals surface area contributed by atoms with Crippen molar-refractivity contribution in [3.63, 3.8) is 0 Å². The van der Waals surface area contributed by atoms with E-state index in [0.717, 1.165) is 19.4 Å². The first-order chi connectivity index (χ1) is 10.6. The molecule has 0 amide bonds. The van der Waals surface area contributed by atoms with Crippen LogP contribution < -0.4 is 4.90 Å². The van der Waals surface area contributed by atoms with E-state index in [-0.39, 0.29) is 18.0 Å². The van der Waals surface area contributed by atoms with Crippen LogP contribution in [0.25, 0.3) is 0 Å². The lowest BCUT2D eigenvalue weighted by Gasteiger charge is -2.50. The Balaban J connectivity index is 1.53. The second kappa shape index (κ2) is 5.36. The quantitative estimate of drug-likeness (QED) is 0.625. The first-order valence-corrected chi connectivity index (χ1v) is 9.28. The first-order valence-electron chi connectivity index (χ1n) is 9.28. The third-order valence-corrected chi connectivity index (χ3v) is 7.14. The third kappa shape index (κ3) is 2.33. The Hall–Kier alpha value is -0.830. The minimum Gasteiger partial charge on any atom is -0.462 e. The van der Waals surface area contributed by atoms with E-state index in [2.05, 4.69) is 13.5 Å². The van der Waals surface area contributed by atoms with E-state index in [9.17, 15) is 4.79 Å². The van der Waals surface area contributed by atoms with Gasteiger partial charge in [-0.2, -0.15) is 0 Å². The number of quaternary nitrogens is 1. The standard InChI is InChI=1S/C19H29NO2/c1-13-6-5-7-19(2)11-17-14(10-16(13)19)15(18(21)22-17)12-20-8-3-4-9-20/h14-17H,1,3-12H2,2H3/p+1/t14-,15-,16-,17-,19-/m1/s1. The van der Waals surface area contributed by atoms with Crippen molar-refractivity contribution in [2.24, 2.45) is 23.2 Å². The molecule has 4 aliphatic rings. The summed E-state index contributed by atoms with van der Waals surface area (Å²) in [6, 6.07) is 0. The average molecular weight is 304 g/mol. The predicted molar refractivity (Wildman–Crippen MR) is 85.5 cm³/mol. The van der Waals surface area contributed by atoms with E-state index in [1.807, 2.05) is 0 Å². The number of rotatable bonds is 2. The molecule has 4 rings (SSSR count). The molecule has 0 bridgehead atoms. The van der Waals surface area contributed by atoms with Crippen LogP contribution >= 0.6 is 0 Å². The molecule has 2 saturated heterocycles. The third-order valence-electron chi connectivity index (χ3n) is 7.14. The highest BCUT2D eigenvalue weighted by Gasteiger charge is 2.56. The number of hydrogen-bond acceptors (Lipinski definition) is 2. The topological polar surface area (TPSA) is 30.7 Å². The maximum Gasteiger partial charge on any atom is 0.315 e. The molecule has 2 aliphatic heterocycles. The molecule has 2 aliphatic carbocycles. The van der Waals surface area contributed by atoms with E-state index < -0.39 is 0 Å². The van der Waals surface area contributed by atoms with Crippen LogP contribution in [0.5, 0.6) is 0 Å². The van der Waals surface area contributed by atoms with Crippen LogP contribution in [-0.4, -0.2) is 31.7 Å². The zero-order valence-corrected chi connectivity index (χ0v) is 13.9. The Labute approximate surface area is 134 Å². The zero-order chi connectivity index (χ0) is 15.3. The van der Waals surface area contributed by atoms with Gasteiger partial charge in [-0.3, -0.25) is 4.79 Å². The Kier molecular flexibility index (Phi) is 3.60. The van der Waals surface area contributed by atoms with Crippen molar-refractivity contribution in [2.45, 2.75) is 58.0 Å². The Morgan fingerprint density at radius 2 is 2.09 bits per heavy atom. The van der Waals surface area contributed by atoms with Gasteiger partial charge in [-0.1, -0.05) is 19.1 Å². The fourth-order valence-corrected chi connectivity index (χ4v) is 5.88. The number of fused-ring (bicyclic) bond motifs is 2. The minimum absolute atomic E-state index is 0.0993. The summed E-state index contributed by atoms with van der Waals surface area (Å²) in [6.07, 6.45) is 8.77. The molecule has 0 unspecified atom stereocenters. The Bertz CT molecular complexity index is 482. The summed E-state index contributed by atoms with van der Waals surface area (Å²) in [4.78, 5) is 14.1. The van der Waals surface area contributed by atoms with Gasteiger partial charge in [0.25, 0.3) is 0 Å². The van der Waals surface area contributed by atoms with Gasteiger partial charge < -0.3 is 9.64 Å². The fourth-order valence-electron chi connectivity index (χ4n) is 5.88. The summed E-state index contributed by atoms with van der Waals surface area (Å²) in [5.41, 5.74) is 1.77. The van der Waals surface area contributed by atoms with E-state index in [1.165, 1.54) is 50.8 Å². The number of allylic oxidation sites excluding steroid dienone is 1. The highest BCUT2D eigenvalue weighted by Crippen LogP contribution is 2.56. The van der Waals surface area contributed by atoms with E-state index in [0.29, 0.717) is 17.3 Å². The number of hydrogen-bond donors (Lipinski definition) is 1. The normalized spacial score (nSPS) is 45.5. The molecule has 22 heavy (non-hydrogen) atoms. The van der Waals surface area contributed by atoms with Gasteiger partial charge in [0, 0.05) is 18.8 Å². The van der Waals surface area contributed by atoms with Crippen molar-refractivity contribution in [2.75, 3.05) is 19.6 Å². The maximum atomic E-state index is 12.5. The smallest absolute Gasteiger partial charge is 0.315 e. The van der Waals surface area contributed by atoms with Crippen LogP contribution in [0.3, 0.4) is 0 Å². The number of ether oxygens (including phenoxy) is 1. The van der Waals surface area contributed by atoms with Crippen LogP contribution in [0.4, 0.5) is 0 Å². The van der Waals surface area contributed by atoms with Gasteiger partial charge in [0.2, 0.25) is 0 Å². The van der Waals surface area contributed by atoms with Crippen LogP contribution in [0.1, 0.15) is 51.9 Å². The molecular formula is C19H30NO2+. The highest BCUT2D eigenvalue weighted by atomic mass is 16.6. The van der Waals surface area contributed by atoms with E-state index in [4.69, 9.17) is 4.74 Å². The number of carbonyl (C=O) groups is 1. The SMILES string of the molecule is C=C1CCC[C@]2(C)C[C@H]3OC(=O)[C@H](C[NH+]4CCCC4)[C@H]3C[C@H]12. The predicted octanol–water partition coefficient (Wildman–Crippen LogP) is 1.98. The maximum absolute atomic E-state index is 12.5. The summed E-state index contributed by atoms with van der Waals surface area (Å²) in [6.45, 7) is 10.3.